The second-order valence-corrected chi connectivity index (χ2v) is 8.94. The van der Waals surface area contributed by atoms with Crippen LogP contribution in [0.15, 0.2) is 59.5 Å². The smallest absolute Gasteiger partial charge is 0.265 e. The molecule has 0 saturated carbocycles. The summed E-state index contributed by atoms with van der Waals surface area (Å²) < 4.78 is 27.3. The average molecular weight is 394 g/mol. The van der Waals surface area contributed by atoms with Gasteiger partial charge in [0.2, 0.25) is 5.91 Å². The molecule has 0 saturated heterocycles. The number of amides is 1. The molecule has 0 bridgehead atoms. The van der Waals surface area contributed by atoms with Crippen LogP contribution in [0.2, 0.25) is 0 Å². The summed E-state index contributed by atoms with van der Waals surface area (Å²) in [6, 6.07) is 16.7. The van der Waals surface area contributed by atoms with Gasteiger partial charge in [0.25, 0.3) is 10.0 Å². The Labute approximate surface area is 165 Å². The molecular formula is C22H22N2O3S. The number of hydrogen-bond acceptors (Lipinski definition) is 3. The summed E-state index contributed by atoms with van der Waals surface area (Å²) in [5.74, 6) is -0.110. The van der Waals surface area contributed by atoms with Crippen LogP contribution in [0.25, 0.3) is 10.8 Å². The minimum absolute atomic E-state index is 0.110. The second kappa shape index (κ2) is 6.95. The van der Waals surface area contributed by atoms with Crippen molar-refractivity contribution in [3.63, 3.8) is 0 Å². The number of nitrogens with one attached hydrogen (secondary N) is 1. The molecule has 1 heterocycles. The van der Waals surface area contributed by atoms with E-state index in [0.29, 0.717) is 17.0 Å². The third kappa shape index (κ3) is 3.03. The molecule has 1 amide bonds. The van der Waals surface area contributed by atoms with E-state index in [9.17, 15) is 13.2 Å². The number of benzene rings is 3. The fourth-order valence-electron chi connectivity index (χ4n) is 3.68. The monoisotopic (exact) mass is 394 g/mol. The van der Waals surface area contributed by atoms with Crippen molar-refractivity contribution in [3.8, 4) is 0 Å². The van der Waals surface area contributed by atoms with Crippen molar-refractivity contribution >= 4 is 38.1 Å². The Morgan fingerprint density at radius 2 is 1.71 bits per heavy atom. The van der Waals surface area contributed by atoms with E-state index in [4.69, 9.17) is 0 Å². The second-order valence-electron chi connectivity index (χ2n) is 7.11. The van der Waals surface area contributed by atoms with Gasteiger partial charge in [0.1, 0.15) is 0 Å². The highest BCUT2D eigenvalue weighted by Crippen LogP contribution is 2.41. The van der Waals surface area contributed by atoms with Crippen molar-refractivity contribution in [2.45, 2.75) is 31.6 Å². The lowest BCUT2D eigenvalue weighted by Crippen LogP contribution is -2.29. The number of hydrogen-bond donors (Lipinski definition) is 1. The molecule has 0 atom stereocenters. The first kappa shape index (κ1) is 18.5. The zero-order valence-electron chi connectivity index (χ0n) is 15.9. The van der Waals surface area contributed by atoms with E-state index in [-0.39, 0.29) is 18.9 Å². The molecular weight excluding hydrogens is 372 g/mol. The molecule has 0 fully saturated rings. The SMILES string of the molecule is Cc1cccc(NC(=O)CCCN2c3cccc4cccc(c34)S2(=O)=O)c1C. The van der Waals surface area contributed by atoms with Crippen molar-refractivity contribution in [1.82, 2.24) is 0 Å². The fourth-order valence-corrected chi connectivity index (χ4v) is 5.43. The fraction of sp³-hybridized carbons (Fsp3) is 0.227. The van der Waals surface area contributed by atoms with Crippen LogP contribution in [0.1, 0.15) is 24.0 Å². The molecule has 0 aliphatic carbocycles. The van der Waals surface area contributed by atoms with Gasteiger partial charge in [-0.3, -0.25) is 9.10 Å². The molecule has 1 aliphatic heterocycles. The summed E-state index contributed by atoms with van der Waals surface area (Å²) >= 11 is 0. The standard InChI is InChI=1S/C22H22N2O3S/c1-15-7-3-10-18(16(15)2)23-21(25)13-6-14-24-19-11-4-8-17-9-5-12-20(22(17)19)28(24,26)27/h3-5,7-12H,6,13-14H2,1-2H3,(H,23,25). The number of rotatable bonds is 5. The number of anilines is 2. The van der Waals surface area contributed by atoms with E-state index in [2.05, 4.69) is 5.32 Å². The highest BCUT2D eigenvalue weighted by molar-refractivity contribution is 7.93. The van der Waals surface area contributed by atoms with Crippen molar-refractivity contribution < 1.29 is 13.2 Å². The Balaban J connectivity index is 1.47. The van der Waals surface area contributed by atoms with E-state index < -0.39 is 10.0 Å². The van der Waals surface area contributed by atoms with Crippen LogP contribution in [0.3, 0.4) is 0 Å². The zero-order chi connectivity index (χ0) is 19.9. The van der Waals surface area contributed by atoms with Crippen LogP contribution in [0.5, 0.6) is 0 Å². The van der Waals surface area contributed by atoms with Crippen LogP contribution in [0, 0.1) is 13.8 Å². The van der Waals surface area contributed by atoms with E-state index in [1.54, 1.807) is 12.1 Å². The lowest BCUT2D eigenvalue weighted by atomic mass is 10.1. The molecule has 0 aromatic heterocycles. The maximum absolute atomic E-state index is 12.9. The molecule has 4 rings (SSSR count). The van der Waals surface area contributed by atoms with Crippen LogP contribution >= 0.6 is 0 Å². The third-order valence-electron chi connectivity index (χ3n) is 5.32. The van der Waals surface area contributed by atoms with Crippen molar-refractivity contribution in [3.05, 3.63) is 65.7 Å². The molecule has 0 unspecified atom stereocenters. The first-order valence-corrected chi connectivity index (χ1v) is 10.7. The Morgan fingerprint density at radius 3 is 2.50 bits per heavy atom. The molecule has 0 spiro atoms. The average Bonchev–Trinajstić information content (AvgIpc) is 2.89. The van der Waals surface area contributed by atoms with Gasteiger partial charge in [-0.15, -0.1) is 0 Å². The summed E-state index contributed by atoms with van der Waals surface area (Å²) in [4.78, 5) is 12.7. The number of aryl methyl sites for hydroxylation is 1. The Kier molecular flexibility index (Phi) is 4.59. The Hall–Kier alpha value is -2.86. The Bertz CT molecular complexity index is 1180. The van der Waals surface area contributed by atoms with Crippen molar-refractivity contribution in [2.75, 3.05) is 16.2 Å². The van der Waals surface area contributed by atoms with Gasteiger partial charge in [-0.2, -0.15) is 0 Å². The first-order chi connectivity index (χ1) is 13.4. The molecule has 6 heteroatoms. The summed E-state index contributed by atoms with van der Waals surface area (Å²) in [5, 5.41) is 4.61. The van der Waals surface area contributed by atoms with Crippen LogP contribution in [-0.4, -0.2) is 20.9 Å². The number of nitrogens with zero attached hydrogens (tertiary/aromatic N) is 1. The highest BCUT2D eigenvalue weighted by atomic mass is 32.2. The molecule has 3 aromatic carbocycles. The summed E-state index contributed by atoms with van der Waals surface area (Å²) in [5.41, 5.74) is 3.66. The summed E-state index contributed by atoms with van der Waals surface area (Å²) in [6.45, 7) is 4.25. The van der Waals surface area contributed by atoms with E-state index in [1.807, 2.05) is 56.3 Å². The van der Waals surface area contributed by atoms with Crippen LogP contribution < -0.4 is 9.62 Å². The number of carbonyl (C=O) groups is 1. The minimum Gasteiger partial charge on any atom is -0.326 e. The topological polar surface area (TPSA) is 66.5 Å². The Morgan fingerprint density at radius 1 is 1.00 bits per heavy atom. The van der Waals surface area contributed by atoms with Gasteiger partial charge in [0.05, 0.1) is 10.6 Å². The molecule has 144 valence electrons. The largest absolute Gasteiger partial charge is 0.326 e. The first-order valence-electron chi connectivity index (χ1n) is 9.30. The van der Waals surface area contributed by atoms with Gasteiger partial charge in [-0.25, -0.2) is 8.42 Å². The van der Waals surface area contributed by atoms with Gasteiger partial charge in [-0.1, -0.05) is 36.4 Å². The van der Waals surface area contributed by atoms with Crippen LogP contribution in [-0.2, 0) is 14.8 Å². The van der Waals surface area contributed by atoms with Gasteiger partial charge < -0.3 is 5.32 Å². The lowest BCUT2D eigenvalue weighted by molar-refractivity contribution is -0.116. The molecule has 3 aromatic rings. The van der Waals surface area contributed by atoms with Gasteiger partial charge >= 0.3 is 0 Å². The van der Waals surface area contributed by atoms with E-state index >= 15 is 0 Å². The van der Waals surface area contributed by atoms with E-state index in [1.165, 1.54) is 4.31 Å². The number of carbonyl (C=O) groups excluding carboxylic acids is 1. The molecule has 28 heavy (non-hydrogen) atoms. The van der Waals surface area contributed by atoms with Gasteiger partial charge in [0, 0.05) is 24.0 Å². The van der Waals surface area contributed by atoms with Crippen LogP contribution in [0.4, 0.5) is 11.4 Å². The zero-order valence-corrected chi connectivity index (χ0v) is 16.7. The maximum atomic E-state index is 12.9. The predicted octanol–water partition coefficient (Wildman–Crippen LogP) is 4.38. The predicted molar refractivity (Wildman–Crippen MR) is 112 cm³/mol. The normalized spacial score (nSPS) is 14.4. The van der Waals surface area contributed by atoms with Crippen molar-refractivity contribution in [2.24, 2.45) is 0 Å². The minimum atomic E-state index is -3.57. The summed E-state index contributed by atoms with van der Waals surface area (Å²) in [7, 11) is -3.57. The third-order valence-corrected chi connectivity index (χ3v) is 7.18. The molecule has 1 N–H and O–H groups in total. The quantitative estimate of drug-likeness (QED) is 0.698. The molecule has 1 aliphatic rings. The highest BCUT2D eigenvalue weighted by Gasteiger charge is 2.35. The van der Waals surface area contributed by atoms with E-state index in [0.717, 1.165) is 27.6 Å². The molecule has 0 radical (unpaired) electrons. The summed E-state index contributed by atoms with van der Waals surface area (Å²) in [6.07, 6.45) is 0.700. The van der Waals surface area contributed by atoms with Crippen molar-refractivity contribution in [1.29, 1.82) is 0 Å². The number of sulfonamides is 1. The van der Waals surface area contributed by atoms with Gasteiger partial charge in [-0.05, 0) is 55.0 Å². The maximum Gasteiger partial charge on any atom is 0.265 e. The molecule has 5 nitrogen and oxygen atoms in total. The lowest BCUT2D eigenvalue weighted by Gasteiger charge is -2.18. The van der Waals surface area contributed by atoms with Gasteiger partial charge in [0.15, 0.2) is 0 Å².